The van der Waals surface area contributed by atoms with Gasteiger partial charge in [-0.1, -0.05) is 18.2 Å². The van der Waals surface area contributed by atoms with Crippen molar-refractivity contribution in [2.24, 2.45) is 0 Å². The van der Waals surface area contributed by atoms with Gasteiger partial charge < -0.3 is 9.84 Å². The highest BCUT2D eigenvalue weighted by atomic mass is 32.2. The van der Waals surface area contributed by atoms with Gasteiger partial charge >= 0.3 is 0 Å². The smallest absolute Gasteiger partial charge is 0.0821 e. The normalized spacial score (nSPS) is 30.7. The van der Waals surface area contributed by atoms with E-state index in [1.165, 1.54) is 4.90 Å². The van der Waals surface area contributed by atoms with Crippen LogP contribution >= 0.6 is 11.8 Å². The highest BCUT2D eigenvalue weighted by molar-refractivity contribution is 8.00. The molecule has 1 fully saturated rings. The van der Waals surface area contributed by atoms with E-state index in [1.807, 2.05) is 18.2 Å². The standard InChI is InChI=1S/C12H14O2S/c1-9-12(7-10(8-13)14-9)15-11-5-3-2-4-6-11/h1-6,9-10,12-13H,7-8H2/t9?,10-,12?/m0/s1. The molecule has 1 aliphatic rings. The summed E-state index contributed by atoms with van der Waals surface area (Å²) in [6.07, 6.45) is 0.450. The van der Waals surface area contributed by atoms with Gasteiger partial charge in [-0.2, -0.15) is 0 Å². The fourth-order valence-electron chi connectivity index (χ4n) is 1.67. The maximum atomic E-state index is 8.98. The summed E-state index contributed by atoms with van der Waals surface area (Å²) in [6, 6.07) is 10.1. The first-order valence-corrected chi connectivity index (χ1v) is 5.91. The van der Waals surface area contributed by atoms with Crippen LogP contribution in [-0.4, -0.2) is 29.2 Å². The molecule has 0 amide bonds. The van der Waals surface area contributed by atoms with Gasteiger partial charge in [-0.3, -0.25) is 0 Å². The van der Waals surface area contributed by atoms with Crippen LogP contribution in [0.4, 0.5) is 0 Å². The van der Waals surface area contributed by atoms with Crippen LogP contribution in [0.5, 0.6) is 0 Å². The molecule has 0 saturated carbocycles. The molecule has 0 bridgehead atoms. The fraction of sp³-hybridized carbons (Fsp3) is 0.417. The van der Waals surface area contributed by atoms with Crippen LogP contribution in [-0.2, 0) is 4.74 Å². The molecular weight excluding hydrogens is 208 g/mol. The SMILES string of the molecule is [CH]C1O[C@H](CO)CC1Sc1ccccc1. The maximum absolute atomic E-state index is 8.98. The summed E-state index contributed by atoms with van der Waals surface area (Å²) in [6.45, 7) is 5.89. The molecular formula is C12H14O2S. The zero-order chi connectivity index (χ0) is 10.7. The number of aliphatic hydroxyl groups excluding tert-OH is 1. The molecule has 0 aliphatic carbocycles. The molecule has 2 rings (SSSR count). The monoisotopic (exact) mass is 222 g/mol. The Balaban J connectivity index is 1.96. The number of thioether (sulfide) groups is 1. The number of aliphatic hydroxyl groups is 1. The fourth-order valence-corrected chi connectivity index (χ4v) is 2.84. The first-order chi connectivity index (χ1) is 7.29. The van der Waals surface area contributed by atoms with Gasteiger partial charge in [0.05, 0.1) is 18.8 Å². The van der Waals surface area contributed by atoms with Crippen LogP contribution in [0.3, 0.4) is 0 Å². The molecule has 1 aromatic rings. The van der Waals surface area contributed by atoms with Crippen molar-refractivity contribution in [1.82, 2.24) is 0 Å². The third kappa shape index (κ3) is 2.74. The van der Waals surface area contributed by atoms with E-state index in [1.54, 1.807) is 11.8 Å². The van der Waals surface area contributed by atoms with E-state index in [4.69, 9.17) is 16.8 Å². The Morgan fingerprint density at radius 2 is 2.13 bits per heavy atom. The number of benzene rings is 1. The van der Waals surface area contributed by atoms with Crippen LogP contribution in [0.15, 0.2) is 35.2 Å². The average Bonchev–Trinajstić information content (AvgIpc) is 2.61. The van der Waals surface area contributed by atoms with E-state index in [9.17, 15) is 0 Å². The van der Waals surface area contributed by atoms with Crippen molar-refractivity contribution in [3.05, 3.63) is 37.3 Å². The minimum atomic E-state index is -0.271. The maximum Gasteiger partial charge on any atom is 0.0821 e. The van der Waals surface area contributed by atoms with E-state index in [-0.39, 0.29) is 24.1 Å². The van der Waals surface area contributed by atoms with E-state index in [2.05, 4.69) is 12.1 Å². The van der Waals surface area contributed by atoms with Crippen molar-refractivity contribution in [1.29, 1.82) is 0 Å². The van der Waals surface area contributed by atoms with Gasteiger partial charge in [0, 0.05) is 10.1 Å². The summed E-state index contributed by atoms with van der Waals surface area (Å²) in [5, 5.41) is 9.22. The Labute approximate surface area is 94.6 Å². The van der Waals surface area contributed by atoms with Crippen molar-refractivity contribution in [2.45, 2.75) is 28.8 Å². The molecule has 3 atom stereocenters. The first kappa shape index (κ1) is 11.0. The topological polar surface area (TPSA) is 29.5 Å². The van der Waals surface area contributed by atoms with Crippen LogP contribution in [0.25, 0.3) is 0 Å². The van der Waals surface area contributed by atoms with Gasteiger partial charge in [0.1, 0.15) is 0 Å². The van der Waals surface area contributed by atoms with Crippen LogP contribution in [0.1, 0.15) is 6.42 Å². The minimum Gasteiger partial charge on any atom is -0.394 e. The molecule has 1 saturated heterocycles. The van der Waals surface area contributed by atoms with Crippen molar-refractivity contribution >= 4 is 11.8 Å². The lowest BCUT2D eigenvalue weighted by Crippen LogP contribution is -2.14. The van der Waals surface area contributed by atoms with Crippen LogP contribution in [0, 0.1) is 6.92 Å². The van der Waals surface area contributed by atoms with Gasteiger partial charge in [-0.25, -0.2) is 0 Å². The molecule has 2 unspecified atom stereocenters. The van der Waals surface area contributed by atoms with Gasteiger partial charge in [0.15, 0.2) is 0 Å². The molecule has 0 spiro atoms. The highest BCUT2D eigenvalue weighted by Crippen LogP contribution is 2.34. The number of hydrogen-bond acceptors (Lipinski definition) is 3. The molecule has 3 heteroatoms. The van der Waals surface area contributed by atoms with Crippen LogP contribution in [0.2, 0.25) is 0 Å². The molecule has 1 N–H and O–H groups in total. The third-order valence-electron chi connectivity index (χ3n) is 2.45. The molecule has 1 aromatic carbocycles. The summed E-state index contributed by atoms with van der Waals surface area (Å²) >= 11 is 1.72. The van der Waals surface area contributed by atoms with E-state index in [0.29, 0.717) is 0 Å². The van der Waals surface area contributed by atoms with Gasteiger partial charge in [-0.15, -0.1) is 11.8 Å². The Morgan fingerprint density at radius 3 is 2.73 bits per heavy atom. The lowest BCUT2D eigenvalue weighted by Gasteiger charge is -2.12. The molecule has 80 valence electrons. The highest BCUT2D eigenvalue weighted by Gasteiger charge is 2.32. The lowest BCUT2D eigenvalue weighted by atomic mass is 10.2. The quantitative estimate of drug-likeness (QED) is 0.848. The molecule has 15 heavy (non-hydrogen) atoms. The van der Waals surface area contributed by atoms with Crippen molar-refractivity contribution < 1.29 is 9.84 Å². The second-order valence-corrected chi connectivity index (χ2v) is 4.92. The predicted molar refractivity (Wildman–Crippen MR) is 60.8 cm³/mol. The third-order valence-corrected chi connectivity index (χ3v) is 3.75. The van der Waals surface area contributed by atoms with Gasteiger partial charge in [0.2, 0.25) is 0 Å². The summed E-state index contributed by atoms with van der Waals surface area (Å²) < 4.78 is 5.40. The summed E-state index contributed by atoms with van der Waals surface area (Å²) in [4.78, 5) is 1.19. The summed E-state index contributed by atoms with van der Waals surface area (Å²) in [5.41, 5.74) is 0. The predicted octanol–water partition coefficient (Wildman–Crippen LogP) is 2.01. The van der Waals surface area contributed by atoms with Crippen LogP contribution < -0.4 is 0 Å². The lowest BCUT2D eigenvalue weighted by molar-refractivity contribution is 0.0304. The van der Waals surface area contributed by atoms with Gasteiger partial charge in [-0.05, 0) is 25.5 Å². The zero-order valence-corrected chi connectivity index (χ0v) is 9.19. The zero-order valence-electron chi connectivity index (χ0n) is 8.37. The number of hydrogen-bond donors (Lipinski definition) is 1. The van der Waals surface area contributed by atoms with Gasteiger partial charge in [0.25, 0.3) is 0 Å². The molecule has 1 heterocycles. The van der Waals surface area contributed by atoms with E-state index < -0.39 is 0 Å². The van der Waals surface area contributed by atoms with E-state index >= 15 is 0 Å². The Morgan fingerprint density at radius 1 is 1.40 bits per heavy atom. The largest absolute Gasteiger partial charge is 0.394 e. The minimum absolute atomic E-state index is 0.0551. The van der Waals surface area contributed by atoms with Crippen molar-refractivity contribution in [3.8, 4) is 0 Å². The van der Waals surface area contributed by atoms with Crippen molar-refractivity contribution in [2.75, 3.05) is 6.61 Å². The van der Waals surface area contributed by atoms with Crippen molar-refractivity contribution in [3.63, 3.8) is 0 Å². The number of rotatable bonds is 3. The summed E-state index contributed by atoms with van der Waals surface area (Å²) in [5.74, 6) is 0. The molecule has 2 radical (unpaired) electrons. The second kappa shape index (κ2) is 5.01. The van der Waals surface area contributed by atoms with E-state index in [0.717, 1.165) is 6.42 Å². The first-order valence-electron chi connectivity index (χ1n) is 5.03. The molecule has 2 nitrogen and oxygen atoms in total. The molecule has 1 aliphatic heterocycles. The Bertz CT molecular complexity index is 302. The average molecular weight is 222 g/mol. The Hall–Kier alpha value is -0.510. The second-order valence-electron chi connectivity index (χ2n) is 3.61. The molecule has 0 aromatic heterocycles. The Kier molecular flexibility index (Phi) is 3.67. The number of ether oxygens (including phenoxy) is 1. The summed E-state index contributed by atoms with van der Waals surface area (Å²) in [7, 11) is 0.